The second-order valence-electron chi connectivity index (χ2n) is 6.02. The van der Waals surface area contributed by atoms with Crippen LogP contribution >= 0.6 is 0 Å². The van der Waals surface area contributed by atoms with Crippen LogP contribution in [0.3, 0.4) is 0 Å². The summed E-state index contributed by atoms with van der Waals surface area (Å²) >= 11 is 0. The summed E-state index contributed by atoms with van der Waals surface area (Å²) in [6, 6.07) is 6.12. The Morgan fingerprint density at radius 2 is 1.68 bits per heavy atom. The number of nitrogens with one attached hydrogen (secondary N) is 2. The van der Waals surface area contributed by atoms with Gasteiger partial charge in [-0.1, -0.05) is 17.7 Å². The van der Waals surface area contributed by atoms with Gasteiger partial charge in [-0.3, -0.25) is 15.0 Å². The minimum atomic E-state index is -3.89. The second-order valence-corrected chi connectivity index (χ2v) is 7.70. The molecule has 1 aliphatic carbocycles. The van der Waals surface area contributed by atoms with Gasteiger partial charge in [-0.2, -0.15) is 0 Å². The highest BCUT2D eigenvalue weighted by Crippen LogP contribution is 2.63. The number of hydrogen-bond donors (Lipinski definition) is 3. The molecule has 0 saturated heterocycles. The molecule has 2 atom stereocenters. The minimum Gasteiger partial charge on any atom is -0.481 e. The van der Waals surface area contributed by atoms with Crippen molar-refractivity contribution in [1.29, 1.82) is 0 Å². The molecule has 0 aromatic heterocycles. The average Bonchev–Trinajstić information content (AvgIpc) is 3.02. The summed E-state index contributed by atoms with van der Waals surface area (Å²) in [7, 11) is -3.89. The standard InChI is InChI=1S/C14H18N2O5S/c1-9-4-6-10(7-5-9)22(20,21)16-15-11(17)13(2)8-14(13,3)12(18)19/h4-7,16H,8H2,1-3H3,(H,15,17)(H,18,19)/t13-,14+/m1/s1. The van der Waals surface area contributed by atoms with Gasteiger partial charge in [0.15, 0.2) is 0 Å². The quantitative estimate of drug-likeness (QED) is 0.693. The number of aryl methyl sites for hydroxylation is 1. The highest BCUT2D eigenvalue weighted by atomic mass is 32.2. The van der Waals surface area contributed by atoms with Crippen molar-refractivity contribution in [2.75, 3.05) is 0 Å². The zero-order valence-electron chi connectivity index (χ0n) is 12.5. The maximum Gasteiger partial charge on any atom is 0.310 e. The van der Waals surface area contributed by atoms with Crippen LogP contribution in [0.1, 0.15) is 25.8 Å². The summed E-state index contributed by atoms with van der Waals surface area (Å²) in [5.41, 5.74) is 0.712. The molecule has 1 aliphatic rings. The Labute approximate surface area is 128 Å². The Bertz CT molecular complexity index is 728. The predicted molar refractivity (Wildman–Crippen MR) is 78.1 cm³/mol. The number of hydrogen-bond acceptors (Lipinski definition) is 4. The van der Waals surface area contributed by atoms with Gasteiger partial charge in [0.2, 0.25) is 5.91 Å². The molecule has 3 N–H and O–H groups in total. The fraction of sp³-hybridized carbons (Fsp3) is 0.429. The van der Waals surface area contributed by atoms with E-state index in [1.54, 1.807) is 12.1 Å². The number of sulfonamides is 1. The lowest BCUT2D eigenvalue weighted by atomic mass is 9.96. The third-order valence-corrected chi connectivity index (χ3v) is 5.67. The molecule has 120 valence electrons. The lowest BCUT2D eigenvalue weighted by molar-refractivity contribution is -0.146. The van der Waals surface area contributed by atoms with Crippen LogP contribution in [-0.4, -0.2) is 25.4 Å². The van der Waals surface area contributed by atoms with Gasteiger partial charge >= 0.3 is 5.97 Å². The first-order valence-electron chi connectivity index (χ1n) is 6.65. The molecule has 22 heavy (non-hydrogen) atoms. The fourth-order valence-electron chi connectivity index (χ4n) is 2.33. The molecular formula is C14H18N2O5S. The van der Waals surface area contributed by atoms with Crippen LogP contribution in [0.15, 0.2) is 29.2 Å². The zero-order valence-corrected chi connectivity index (χ0v) is 13.3. The summed E-state index contributed by atoms with van der Waals surface area (Å²) in [6.45, 7) is 4.78. The molecule has 1 fully saturated rings. The van der Waals surface area contributed by atoms with Crippen molar-refractivity contribution in [1.82, 2.24) is 10.3 Å². The monoisotopic (exact) mass is 326 g/mol. The number of rotatable bonds is 5. The van der Waals surface area contributed by atoms with E-state index in [1.807, 2.05) is 11.8 Å². The third kappa shape index (κ3) is 2.59. The maximum atomic E-state index is 12.1. The van der Waals surface area contributed by atoms with E-state index in [4.69, 9.17) is 5.11 Å². The number of carbonyl (C=O) groups is 2. The van der Waals surface area contributed by atoms with E-state index in [0.717, 1.165) is 5.56 Å². The van der Waals surface area contributed by atoms with Gasteiger partial charge in [-0.25, -0.2) is 8.42 Å². The van der Waals surface area contributed by atoms with E-state index < -0.39 is 32.7 Å². The third-order valence-electron chi connectivity index (χ3n) is 4.40. The highest BCUT2D eigenvalue weighted by Gasteiger charge is 2.70. The first kappa shape index (κ1) is 16.4. The number of benzene rings is 1. The van der Waals surface area contributed by atoms with E-state index >= 15 is 0 Å². The van der Waals surface area contributed by atoms with Gasteiger partial charge in [-0.15, -0.1) is 4.83 Å². The Kier molecular flexibility index (Phi) is 3.78. The van der Waals surface area contributed by atoms with Crippen LogP contribution in [0, 0.1) is 17.8 Å². The molecule has 0 bridgehead atoms. The van der Waals surface area contributed by atoms with Crippen LogP contribution in [0.25, 0.3) is 0 Å². The molecule has 8 heteroatoms. The van der Waals surface area contributed by atoms with Crippen molar-refractivity contribution in [2.24, 2.45) is 10.8 Å². The first-order chi connectivity index (χ1) is 10.0. The molecular weight excluding hydrogens is 308 g/mol. The average molecular weight is 326 g/mol. The molecule has 0 radical (unpaired) electrons. The van der Waals surface area contributed by atoms with Gasteiger partial charge in [0, 0.05) is 0 Å². The van der Waals surface area contributed by atoms with Gasteiger partial charge < -0.3 is 5.11 Å². The molecule has 1 aromatic rings. The lowest BCUT2D eigenvalue weighted by Crippen LogP contribution is -2.46. The van der Waals surface area contributed by atoms with Crippen molar-refractivity contribution >= 4 is 21.9 Å². The second kappa shape index (κ2) is 5.06. The normalized spacial score (nSPS) is 27.2. The van der Waals surface area contributed by atoms with E-state index in [-0.39, 0.29) is 11.3 Å². The SMILES string of the molecule is Cc1ccc(S(=O)(=O)NNC(=O)[C@@]2(C)C[C@@]2(C)C(=O)O)cc1. The minimum absolute atomic E-state index is 0.0142. The number of carboxylic acid groups (broad SMARTS) is 1. The molecule has 1 aromatic carbocycles. The van der Waals surface area contributed by atoms with Crippen molar-refractivity contribution in [3.63, 3.8) is 0 Å². The Balaban J connectivity index is 2.06. The van der Waals surface area contributed by atoms with Crippen molar-refractivity contribution in [3.8, 4) is 0 Å². The molecule has 0 heterocycles. The molecule has 1 amide bonds. The molecule has 7 nitrogen and oxygen atoms in total. The van der Waals surface area contributed by atoms with Crippen LogP contribution in [0.2, 0.25) is 0 Å². The van der Waals surface area contributed by atoms with E-state index in [9.17, 15) is 18.0 Å². The number of aliphatic carboxylic acids is 1. The van der Waals surface area contributed by atoms with Gasteiger partial charge in [0.05, 0.1) is 15.7 Å². The highest BCUT2D eigenvalue weighted by molar-refractivity contribution is 7.89. The largest absolute Gasteiger partial charge is 0.481 e. The Morgan fingerprint density at radius 1 is 1.14 bits per heavy atom. The van der Waals surface area contributed by atoms with Crippen LogP contribution in [-0.2, 0) is 19.6 Å². The molecule has 2 rings (SSSR count). The summed E-state index contributed by atoms with van der Waals surface area (Å²) in [5, 5.41) is 9.11. The molecule has 1 saturated carbocycles. The van der Waals surface area contributed by atoms with Gasteiger partial charge in [0.25, 0.3) is 10.0 Å². The van der Waals surface area contributed by atoms with Crippen LogP contribution < -0.4 is 10.3 Å². The Morgan fingerprint density at radius 3 is 2.14 bits per heavy atom. The first-order valence-corrected chi connectivity index (χ1v) is 8.14. The van der Waals surface area contributed by atoms with Crippen LogP contribution in [0.5, 0.6) is 0 Å². The Hall–Kier alpha value is -1.93. The van der Waals surface area contributed by atoms with Crippen molar-refractivity contribution in [2.45, 2.75) is 32.1 Å². The van der Waals surface area contributed by atoms with Crippen LogP contribution in [0.4, 0.5) is 0 Å². The van der Waals surface area contributed by atoms with E-state index in [0.29, 0.717) is 0 Å². The zero-order chi connectivity index (χ0) is 16.8. The summed E-state index contributed by atoms with van der Waals surface area (Å²) in [4.78, 5) is 25.2. The smallest absolute Gasteiger partial charge is 0.310 e. The fourth-order valence-corrected chi connectivity index (χ4v) is 3.17. The summed E-state index contributed by atoms with van der Waals surface area (Å²) in [5.74, 6) is -1.74. The van der Waals surface area contributed by atoms with E-state index in [2.05, 4.69) is 5.43 Å². The summed E-state index contributed by atoms with van der Waals surface area (Å²) in [6.07, 6.45) is 0.160. The van der Waals surface area contributed by atoms with E-state index in [1.165, 1.54) is 26.0 Å². The summed E-state index contributed by atoms with van der Waals surface area (Å²) < 4.78 is 24.1. The lowest BCUT2D eigenvalue weighted by Gasteiger charge is -2.15. The van der Waals surface area contributed by atoms with Gasteiger partial charge in [-0.05, 0) is 39.3 Å². The predicted octanol–water partition coefficient (Wildman–Crippen LogP) is 0.805. The number of carboxylic acids is 1. The molecule has 0 unspecified atom stereocenters. The maximum absolute atomic E-state index is 12.1. The van der Waals surface area contributed by atoms with Crippen molar-refractivity contribution < 1.29 is 23.1 Å². The number of hydrazine groups is 1. The number of carbonyl (C=O) groups excluding carboxylic acids is 1. The molecule has 0 aliphatic heterocycles. The topological polar surface area (TPSA) is 113 Å². The number of amides is 1. The van der Waals surface area contributed by atoms with Gasteiger partial charge in [0.1, 0.15) is 0 Å². The molecule has 0 spiro atoms. The van der Waals surface area contributed by atoms with Crippen molar-refractivity contribution in [3.05, 3.63) is 29.8 Å².